The van der Waals surface area contributed by atoms with Gasteiger partial charge in [0.1, 0.15) is 5.75 Å². The Morgan fingerprint density at radius 3 is 2.06 bits per heavy atom. The fourth-order valence-corrected chi connectivity index (χ4v) is 3.76. The highest BCUT2D eigenvalue weighted by molar-refractivity contribution is 5.96. The number of hydrogen-bond acceptors (Lipinski definition) is 3. The Balaban J connectivity index is 1.57. The molecule has 0 aromatic heterocycles. The third-order valence-corrected chi connectivity index (χ3v) is 5.70. The van der Waals surface area contributed by atoms with Crippen molar-refractivity contribution in [2.45, 2.75) is 90.3 Å². The van der Waals surface area contributed by atoms with E-state index in [4.69, 9.17) is 4.74 Å². The van der Waals surface area contributed by atoms with Gasteiger partial charge in [0, 0.05) is 12.0 Å². The van der Waals surface area contributed by atoms with E-state index >= 15 is 0 Å². The lowest BCUT2D eigenvalue weighted by atomic mass is 10.0. The van der Waals surface area contributed by atoms with Crippen molar-refractivity contribution in [3.63, 3.8) is 0 Å². The van der Waals surface area contributed by atoms with Crippen LogP contribution in [0.1, 0.15) is 93.5 Å². The first-order valence-electron chi connectivity index (χ1n) is 12.4. The second-order valence-corrected chi connectivity index (χ2v) is 8.51. The summed E-state index contributed by atoms with van der Waals surface area (Å²) in [7, 11) is 0. The standard InChI is InChI=1S/C29H40O3/c1-2-3-4-5-6-7-8-9-10-12-16-25-21-23-27(24-22-25)32-29(31)20-15-19-28(30)26-17-13-11-14-18-26/h11,13-15,17-18,20-24,29,31H,2-10,12,16,19H2,1H3. The van der Waals surface area contributed by atoms with Crippen molar-refractivity contribution < 1.29 is 14.6 Å². The molecular weight excluding hydrogens is 396 g/mol. The Morgan fingerprint density at radius 2 is 1.44 bits per heavy atom. The molecular formula is C29H40O3. The Labute approximate surface area is 194 Å². The third-order valence-electron chi connectivity index (χ3n) is 5.70. The molecule has 0 amide bonds. The van der Waals surface area contributed by atoms with E-state index in [2.05, 4.69) is 19.1 Å². The van der Waals surface area contributed by atoms with Crippen molar-refractivity contribution >= 4 is 5.78 Å². The second kappa shape index (κ2) is 16.3. The van der Waals surface area contributed by atoms with Gasteiger partial charge in [0.05, 0.1) is 0 Å². The number of ketones is 1. The maximum atomic E-state index is 12.1. The van der Waals surface area contributed by atoms with Gasteiger partial charge < -0.3 is 9.84 Å². The summed E-state index contributed by atoms with van der Waals surface area (Å²) in [6, 6.07) is 17.1. The quantitative estimate of drug-likeness (QED) is 0.120. The molecule has 0 aliphatic rings. The van der Waals surface area contributed by atoms with Gasteiger partial charge in [-0.05, 0) is 36.6 Å². The lowest BCUT2D eigenvalue weighted by Crippen LogP contribution is -2.12. The smallest absolute Gasteiger partial charge is 0.217 e. The van der Waals surface area contributed by atoms with E-state index in [1.807, 2.05) is 30.3 Å². The number of hydrogen-bond donors (Lipinski definition) is 1. The summed E-state index contributed by atoms with van der Waals surface area (Å²) in [5, 5.41) is 10.0. The number of unbranched alkanes of at least 4 members (excludes halogenated alkanes) is 9. The van der Waals surface area contributed by atoms with Crippen LogP contribution in [0, 0.1) is 0 Å². The van der Waals surface area contributed by atoms with Crippen molar-refractivity contribution in [3.8, 4) is 5.75 Å². The highest BCUT2D eigenvalue weighted by Crippen LogP contribution is 2.17. The van der Waals surface area contributed by atoms with Gasteiger partial charge in [-0.15, -0.1) is 0 Å². The number of aliphatic hydroxyl groups excluding tert-OH is 1. The van der Waals surface area contributed by atoms with Gasteiger partial charge in [-0.25, -0.2) is 0 Å². The van der Waals surface area contributed by atoms with Gasteiger partial charge in [-0.1, -0.05) is 113 Å². The molecule has 1 unspecified atom stereocenters. The minimum atomic E-state index is -1.06. The van der Waals surface area contributed by atoms with E-state index < -0.39 is 6.29 Å². The topological polar surface area (TPSA) is 46.5 Å². The molecule has 0 saturated heterocycles. The van der Waals surface area contributed by atoms with Crippen LogP contribution in [0.3, 0.4) is 0 Å². The molecule has 2 rings (SSSR count). The molecule has 1 atom stereocenters. The minimum absolute atomic E-state index is 0.0189. The number of benzene rings is 2. The van der Waals surface area contributed by atoms with Crippen LogP contribution in [0.2, 0.25) is 0 Å². The molecule has 0 aliphatic carbocycles. The molecule has 2 aromatic carbocycles. The number of aliphatic hydroxyl groups is 1. The van der Waals surface area contributed by atoms with Crippen LogP contribution in [0.4, 0.5) is 0 Å². The van der Waals surface area contributed by atoms with Crippen molar-refractivity contribution in [1.82, 2.24) is 0 Å². The highest BCUT2D eigenvalue weighted by Gasteiger charge is 2.05. The lowest BCUT2D eigenvalue weighted by Gasteiger charge is -2.10. The zero-order chi connectivity index (χ0) is 22.9. The maximum absolute atomic E-state index is 12.1. The molecule has 0 saturated carbocycles. The van der Waals surface area contributed by atoms with Crippen LogP contribution in [0.15, 0.2) is 66.7 Å². The van der Waals surface area contributed by atoms with Crippen LogP contribution >= 0.6 is 0 Å². The Hall–Kier alpha value is -2.39. The predicted octanol–water partition coefficient (Wildman–Crippen LogP) is 7.68. The number of ether oxygens (including phenoxy) is 1. The van der Waals surface area contributed by atoms with Crippen molar-refractivity contribution in [2.24, 2.45) is 0 Å². The minimum Gasteiger partial charge on any atom is -0.461 e. The van der Waals surface area contributed by atoms with Crippen molar-refractivity contribution in [1.29, 1.82) is 0 Å². The highest BCUT2D eigenvalue weighted by atomic mass is 16.6. The SMILES string of the molecule is CCCCCCCCCCCCc1ccc(OC(O)C=CCC(=O)c2ccccc2)cc1. The van der Waals surface area contributed by atoms with Gasteiger partial charge in [0.25, 0.3) is 0 Å². The summed E-state index contributed by atoms with van der Waals surface area (Å²) >= 11 is 0. The summed E-state index contributed by atoms with van der Waals surface area (Å²) in [5.41, 5.74) is 1.97. The van der Waals surface area contributed by atoms with E-state index in [9.17, 15) is 9.90 Å². The van der Waals surface area contributed by atoms with E-state index in [1.165, 1.54) is 75.8 Å². The molecule has 0 heterocycles. The Bertz CT molecular complexity index is 765. The van der Waals surface area contributed by atoms with Gasteiger partial charge in [0.15, 0.2) is 5.78 Å². The number of allylic oxidation sites excluding steroid dienone is 1. The van der Waals surface area contributed by atoms with Crippen LogP contribution < -0.4 is 4.74 Å². The molecule has 0 radical (unpaired) electrons. The van der Waals surface area contributed by atoms with Crippen molar-refractivity contribution in [3.05, 3.63) is 77.9 Å². The van der Waals surface area contributed by atoms with Crippen molar-refractivity contribution in [2.75, 3.05) is 0 Å². The van der Waals surface area contributed by atoms with E-state index in [1.54, 1.807) is 18.2 Å². The Kier molecular flexibility index (Phi) is 13.2. The average molecular weight is 437 g/mol. The van der Waals surface area contributed by atoms with Crippen LogP contribution in [-0.4, -0.2) is 17.2 Å². The van der Waals surface area contributed by atoms with E-state index in [-0.39, 0.29) is 12.2 Å². The molecule has 2 aromatic rings. The zero-order valence-corrected chi connectivity index (χ0v) is 19.7. The molecule has 0 fully saturated rings. The second-order valence-electron chi connectivity index (χ2n) is 8.51. The molecule has 1 N–H and O–H groups in total. The van der Waals surface area contributed by atoms with Crippen LogP contribution in [-0.2, 0) is 6.42 Å². The summed E-state index contributed by atoms with van der Waals surface area (Å²) in [6.07, 6.45) is 16.9. The van der Waals surface area contributed by atoms with E-state index in [0.717, 1.165) is 6.42 Å². The first-order valence-corrected chi connectivity index (χ1v) is 12.4. The molecule has 0 bridgehead atoms. The molecule has 0 spiro atoms. The number of carbonyl (C=O) groups excluding carboxylic acids is 1. The number of aryl methyl sites for hydroxylation is 1. The first kappa shape index (κ1) is 25.9. The molecule has 174 valence electrons. The molecule has 32 heavy (non-hydrogen) atoms. The van der Waals surface area contributed by atoms with Gasteiger partial charge in [0.2, 0.25) is 6.29 Å². The fraction of sp³-hybridized carbons (Fsp3) is 0.483. The predicted molar refractivity (Wildman–Crippen MR) is 133 cm³/mol. The normalized spacial score (nSPS) is 12.2. The molecule has 3 nitrogen and oxygen atoms in total. The average Bonchev–Trinajstić information content (AvgIpc) is 2.82. The number of Topliss-reactive ketones (excluding diaryl/α,β-unsaturated/α-hetero) is 1. The van der Waals surface area contributed by atoms with Gasteiger partial charge in [-0.2, -0.15) is 0 Å². The lowest BCUT2D eigenvalue weighted by molar-refractivity contribution is 0.0246. The third kappa shape index (κ3) is 11.3. The fourth-order valence-electron chi connectivity index (χ4n) is 3.76. The van der Waals surface area contributed by atoms with Crippen LogP contribution in [0.5, 0.6) is 5.75 Å². The molecule has 3 heteroatoms. The van der Waals surface area contributed by atoms with E-state index in [0.29, 0.717) is 11.3 Å². The van der Waals surface area contributed by atoms with Gasteiger partial charge >= 0.3 is 0 Å². The Morgan fingerprint density at radius 1 is 0.844 bits per heavy atom. The van der Waals surface area contributed by atoms with Crippen LogP contribution in [0.25, 0.3) is 0 Å². The first-order chi connectivity index (χ1) is 15.7. The molecule has 0 aliphatic heterocycles. The summed E-state index contributed by atoms with van der Waals surface area (Å²) in [6.45, 7) is 2.26. The monoisotopic (exact) mass is 436 g/mol. The summed E-state index contributed by atoms with van der Waals surface area (Å²) in [5.74, 6) is 0.647. The summed E-state index contributed by atoms with van der Waals surface area (Å²) < 4.78 is 5.52. The number of carbonyl (C=O) groups is 1. The number of rotatable bonds is 17. The van der Waals surface area contributed by atoms with Gasteiger partial charge in [-0.3, -0.25) is 4.79 Å². The largest absolute Gasteiger partial charge is 0.461 e. The zero-order valence-electron chi connectivity index (χ0n) is 19.7. The summed E-state index contributed by atoms with van der Waals surface area (Å²) in [4.78, 5) is 12.1. The maximum Gasteiger partial charge on any atom is 0.217 e.